The molecule has 1 aromatic heterocycles. The van der Waals surface area contributed by atoms with E-state index in [0.717, 1.165) is 6.08 Å². The predicted octanol–water partition coefficient (Wildman–Crippen LogP) is 0.101. The third-order valence-electron chi connectivity index (χ3n) is 1.11. The van der Waals surface area contributed by atoms with Crippen molar-refractivity contribution in [3.8, 4) is 0 Å². The number of nitrogen functional groups attached to an aromatic ring is 1. The third kappa shape index (κ3) is 3.39. The van der Waals surface area contributed by atoms with Gasteiger partial charge in [-0.2, -0.15) is 5.10 Å². The van der Waals surface area contributed by atoms with Gasteiger partial charge in [0.05, 0.1) is 18.1 Å². The van der Waals surface area contributed by atoms with E-state index in [-0.39, 0.29) is 12.4 Å². The Kier molecular flexibility index (Phi) is 4.36. The summed E-state index contributed by atoms with van der Waals surface area (Å²) in [6.07, 6.45) is 4.13. The lowest BCUT2D eigenvalue weighted by molar-refractivity contribution is -0.113. The number of aromatic nitrogens is 2. The summed E-state index contributed by atoms with van der Waals surface area (Å²) in [4.78, 5) is 10.4. The summed E-state index contributed by atoms with van der Waals surface area (Å²) in [6.45, 7) is 0. The van der Waals surface area contributed by atoms with Crippen LogP contribution in [0.1, 0.15) is 0 Å². The van der Waals surface area contributed by atoms with E-state index in [0.29, 0.717) is 10.7 Å². The van der Waals surface area contributed by atoms with Gasteiger partial charge in [-0.05, 0) is 0 Å². The SMILES string of the molecule is Cl.NC(=O)/C=C(\S)n1cc(N)cn1. The van der Waals surface area contributed by atoms with Gasteiger partial charge in [-0.3, -0.25) is 4.79 Å². The van der Waals surface area contributed by atoms with Gasteiger partial charge in [-0.15, -0.1) is 25.0 Å². The average Bonchev–Trinajstić information content (AvgIpc) is 2.34. The first-order valence-corrected chi connectivity index (χ1v) is 3.55. The molecule has 0 atom stereocenters. The second-order valence-corrected chi connectivity index (χ2v) is 2.58. The van der Waals surface area contributed by atoms with Crippen LogP contribution in [0.4, 0.5) is 5.69 Å². The van der Waals surface area contributed by atoms with Crippen LogP contribution in [0.5, 0.6) is 0 Å². The zero-order valence-electron chi connectivity index (χ0n) is 6.54. The minimum absolute atomic E-state index is 0. The molecular formula is C6H9ClN4OS. The van der Waals surface area contributed by atoms with E-state index in [9.17, 15) is 4.79 Å². The van der Waals surface area contributed by atoms with Crippen molar-refractivity contribution in [3.05, 3.63) is 18.5 Å². The first-order valence-electron chi connectivity index (χ1n) is 3.10. The number of anilines is 1. The summed E-state index contributed by atoms with van der Waals surface area (Å²) in [5.74, 6) is -0.575. The fraction of sp³-hybridized carbons (Fsp3) is 0. The first kappa shape index (κ1) is 11.9. The summed E-state index contributed by atoms with van der Waals surface area (Å²) < 4.78 is 1.35. The Morgan fingerprint density at radius 1 is 1.69 bits per heavy atom. The molecule has 4 N–H and O–H groups in total. The molecule has 5 nitrogen and oxygen atoms in total. The monoisotopic (exact) mass is 220 g/mol. The van der Waals surface area contributed by atoms with E-state index < -0.39 is 5.91 Å². The molecule has 1 aromatic rings. The second kappa shape index (κ2) is 4.78. The molecule has 7 heteroatoms. The summed E-state index contributed by atoms with van der Waals surface area (Å²) in [5.41, 5.74) is 10.8. The zero-order valence-corrected chi connectivity index (χ0v) is 8.26. The Labute approximate surface area is 86.6 Å². The minimum atomic E-state index is -0.575. The maximum absolute atomic E-state index is 10.4. The van der Waals surface area contributed by atoms with Crippen molar-refractivity contribution in [2.24, 2.45) is 5.73 Å². The number of hydrogen-bond donors (Lipinski definition) is 3. The van der Waals surface area contributed by atoms with Crippen molar-refractivity contribution >= 4 is 41.7 Å². The van der Waals surface area contributed by atoms with Crippen molar-refractivity contribution < 1.29 is 4.79 Å². The largest absolute Gasteiger partial charge is 0.396 e. The molecule has 0 unspecified atom stereocenters. The minimum Gasteiger partial charge on any atom is -0.396 e. The first-order chi connectivity index (χ1) is 5.59. The lowest BCUT2D eigenvalue weighted by atomic mass is 10.6. The van der Waals surface area contributed by atoms with Crippen molar-refractivity contribution in [2.45, 2.75) is 0 Å². The van der Waals surface area contributed by atoms with Gasteiger partial charge in [0.2, 0.25) is 5.91 Å². The molecule has 0 radical (unpaired) electrons. The lowest BCUT2D eigenvalue weighted by Gasteiger charge is -1.96. The third-order valence-corrected chi connectivity index (χ3v) is 1.44. The predicted molar refractivity (Wildman–Crippen MR) is 56.3 cm³/mol. The number of thiol groups is 1. The summed E-state index contributed by atoms with van der Waals surface area (Å²) >= 11 is 3.98. The smallest absolute Gasteiger partial charge is 0.244 e. The molecule has 0 spiro atoms. The molecule has 0 fully saturated rings. The quantitative estimate of drug-likeness (QED) is 0.488. The van der Waals surface area contributed by atoms with E-state index in [1.165, 1.54) is 17.1 Å². The molecule has 1 heterocycles. The van der Waals surface area contributed by atoms with Crippen LogP contribution in [0.2, 0.25) is 0 Å². The fourth-order valence-electron chi connectivity index (χ4n) is 0.655. The topological polar surface area (TPSA) is 86.9 Å². The van der Waals surface area contributed by atoms with Crippen molar-refractivity contribution in [1.29, 1.82) is 0 Å². The Hall–Kier alpha value is -1.14. The molecule has 0 aliphatic rings. The Bertz CT molecular complexity index is 335. The number of nitrogens with two attached hydrogens (primary N) is 2. The van der Waals surface area contributed by atoms with Gasteiger partial charge in [0.1, 0.15) is 5.03 Å². The van der Waals surface area contributed by atoms with Crippen LogP contribution < -0.4 is 11.5 Å². The van der Waals surface area contributed by atoms with Crippen LogP contribution in [0.25, 0.3) is 5.03 Å². The van der Waals surface area contributed by atoms with Crippen molar-refractivity contribution in [1.82, 2.24) is 9.78 Å². The van der Waals surface area contributed by atoms with Gasteiger partial charge < -0.3 is 11.5 Å². The molecule has 13 heavy (non-hydrogen) atoms. The number of carbonyl (C=O) groups is 1. The van der Waals surface area contributed by atoms with E-state index in [2.05, 4.69) is 17.7 Å². The summed E-state index contributed by atoms with van der Waals surface area (Å²) in [6, 6.07) is 0. The molecule has 0 aliphatic carbocycles. The van der Waals surface area contributed by atoms with Crippen LogP contribution in [0.15, 0.2) is 18.5 Å². The molecule has 1 amide bonds. The van der Waals surface area contributed by atoms with Gasteiger partial charge >= 0.3 is 0 Å². The molecule has 0 saturated carbocycles. The number of nitrogens with zero attached hydrogens (tertiary/aromatic N) is 2. The highest BCUT2D eigenvalue weighted by atomic mass is 35.5. The number of rotatable bonds is 2. The number of primary amides is 1. The second-order valence-electron chi connectivity index (χ2n) is 2.12. The number of halogens is 1. The highest BCUT2D eigenvalue weighted by Crippen LogP contribution is 2.09. The molecule has 0 aromatic carbocycles. The molecular weight excluding hydrogens is 212 g/mol. The number of hydrogen-bond acceptors (Lipinski definition) is 4. The Morgan fingerprint density at radius 3 is 2.69 bits per heavy atom. The van der Waals surface area contributed by atoms with E-state index in [4.69, 9.17) is 11.5 Å². The molecule has 0 bridgehead atoms. The van der Waals surface area contributed by atoms with Crippen LogP contribution in [-0.2, 0) is 4.79 Å². The van der Waals surface area contributed by atoms with Gasteiger partial charge in [0.15, 0.2) is 0 Å². The Balaban J connectivity index is 0.00000144. The van der Waals surface area contributed by atoms with E-state index in [1.54, 1.807) is 0 Å². The van der Waals surface area contributed by atoms with Gasteiger partial charge in [-0.25, -0.2) is 4.68 Å². The molecule has 72 valence electrons. The number of carbonyl (C=O) groups excluding carboxylic acids is 1. The highest BCUT2D eigenvalue weighted by Gasteiger charge is 1.98. The van der Waals surface area contributed by atoms with Crippen LogP contribution in [0, 0.1) is 0 Å². The van der Waals surface area contributed by atoms with Crippen molar-refractivity contribution in [3.63, 3.8) is 0 Å². The average molecular weight is 221 g/mol. The van der Waals surface area contributed by atoms with Crippen molar-refractivity contribution in [2.75, 3.05) is 5.73 Å². The van der Waals surface area contributed by atoms with Crippen LogP contribution in [-0.4, -0.2) is 15.7 Å². The molecule has 1 rings (SSSR count). The van der Waals surface area contributed by atoms with E-state index >= 15 is 0 Å². The lowest BCUT2D eigenvalue weighted by Crippen LogP contribution is -2.07. The standard InChI is InChI=1S/C6H8N4OS.ClH/c7-4-2-9-10(3-4)6(12)1-5(8)11;/h1-3,12H,7H2,(H2,8,11);1H/b6-1-;. The van der Waals surface area contributed by atoms with Gasteiger partial charge in [0, 0.05) is 6.08 Å². The maximum atomic E-state index is 10.4. The zero-order chi connectivity index (χ0) is 9.14. The van der Waals surface area contributed by atoms with Gasteiger partial charge in [0.25, 0.3) is 0 Å². The molecule has 0 saturated heterocycles. The summed E-state index contributed by atoms with van der Waals surface area (Å²) in [5, 5.41) is 4.14. The normalized spacial score (nSPS) is 10.7. The highest BCUT2D eigenvalue weighted by molar-refractivity contribution is 7.90. The van der Waals surface area contributed by atoms with Crippen LogP contribution >= 0.6 is 25.0 Å². The van der Waals surface area contributed by atoms with Gasteiger partial charge in [-0.1, -0.05) is 0 Å². The Morgan fingerprint density at radius 2 is 2.31 bits per heavy atom. The maximum Gasteiger partial charge on any atom is 0.244 e. The van der Waals surface area contributed by atoms with E-state index in [1.807, 2.05) is 0 Å². The summed E-state index contributed by atoms with van der Waals surface area (Å²) in [7, 11) is 0. The molecule has 0 aliphatic heterocycles. The number of amides is 1. The fourth-order valence-corrected chi connectivity index (χ4v) is 0.892. The van der Waals surface area contributed by atoms with Crippen LogP contribution in [0.3, 0.4) is 0 Å².